The Bertz CT molecular complexity index is 775. The van der Waals surface area contributed by atoms with Gasteiger partial charge in [-0.1, -0.05) is 156 Å². The number of aliphatic hydroxyl groups excluding tert-OH is 1. The molecule has 1 N–H and O–H groups in total. The molecule has 6 nitrogen and oxygen atoms in total. The van der Waals surface area contributed by atoms with Crippen molar-refractivity contribution in [1.29, 1.82) is 0 Å². The van der Waals surface area contributed by atoms with E-state index in [0.29, 0.717) is 6.42 Å². The number of cyclic esters (lactones) is 1. The maximum Gasteiger partial charge on any atom is 0.309 e. The molecule has 1 saturated heterocycles. The summed E-state index contributed by atoms with van der Waals surface area (Å²) in [5, 5.41) is 9.62. The zero-order valence-electron chi connectivity index (χ0n) is 35.1. The maximum absolute atomic E-state index is 12.7. The van der Waals surface area contributed by atoms with Crippen LogP contribution in [0.2, 0.25) is 0 Å². The van der Waals surface area contributed by atoms with Gasteiger partial charge in [-0.25, -0.2) is 0 Å². The summed E-state index contributed by atoms with van der Waals surface area (Å²) in [4.78, 5) is 27.8. The number of esters is 2. The van der Waals surface area contributed by atoms with E-state index in [1.807, 2.05) is 0 Å². The number of hydrogen-bond donors (Lipinski definition) is 1. The van der Waals surface area contributed by atoms with Crippen LogP contribution in [0.3, 0.4) is 0 Å². The van der Waals surface area contributed by atoms with Crippen molar-refractivity contribution in [2.45, 2.75) is 251 Å². The van der Waals surface area contributed by atoms with Gasteiger partial charge in [-0.15, -0.1) is 0 Å². The third-order valence-corrected chi connectivity index (χ3v) is 11.4. The Labute approximate surface area is 323 Å². The standard InChI is InChI=1S/C46H89NO5/c1-4-7-10-13-16-17-21-26-34-44-37-36-42(46(50)52-44)31-28-30-39-47(40-41-48)38-29-23-18-22-27-35-45(49)51-43(32-24-19-14-11-8-5-2)33-25-20-15-12-9-6-3/h42-44,48H,4-41H2,1-3H3. The highest BCUT2D eigenvalue weighted by molar-refractivity contribution is 5.73. The van der Waals surface area contributed by atoms with Crippen LogP contribution in [-0.4, -0.2) is 60.4 Å². The molecule has 52 heavy (non-hydrogen) atoms. The van der Waals surface area contributed by atoms with Crippen molar-refractivity contribution >= 4 is 11.9 Å². The van der Waals surface area contributed by atoms with Crippen molar-refractivity contribution in [3.63, 3.8) is 0 Å². The van der Waals surface area contributed by atoms with Gasteiger partial charge in [-0.05, 0) is 90.1 Å². The molecule has 0 saturated carbocycles. The number of unbranched alkanes of at least 4 members (excludes halogenated alkanes) is 22. The van der Waals surface area contributed by atoms with E-state index >= 15 is 0 Å². The van der Waals surface area contributed by atoms with E-state index < -0.39 is 0 Å². The van der Waals surface area contributed by atoms with Gasteiger partial charge in [-0.3, -0.25) is 9.59 Å². The van der Waals surface area contributed by atoms with Crippen LogP contribution in [0, 0.1) is 5.92 Å². The molecule has 0 aliphatic carbocycles. The summed E-state index contributed by atoms with van der Waals surface area (Å²) in [6.07, 6.45) is 40.3. The van der Waals surface area contributed by atoms with E-state index in [-0.39, 0.29) is 36.7 Å². The molecule has 308 valence electrons. The average molecular weight is 736 g/mol. The summed E-state index contributed by atoms with van der Waals surface area (Å²) in [7, 11) is 0. The zero-order chi connectivity index (χ0) is 37.7. The first kappa shape index (κ1) is 48.9. The Balaban J connectivity index is 2.15. The Morgan fingerprint density at radius 2 is 1.08 bits per heavy atom. The second kappa shape index (κ2) is 36.8. The number of hydrogen-bond acceptors (Lipinski definition) is 6. The van der Waals surface area contributed by atoms with Gasteiger partial charge in [-0.2, -0.15) is 0 Å². The molecule has 1 fully saturated rings. The van der Waals surface area contributed by atoms with Crippen LogP contribution in [0.5, 0.6) is 0 Å². The summed E-state index contributed by atoms with van der Waals surface area (Å²) in [6.45, 7) is 9.68. The second-order valence-corrected chi connectivity index (χ2v) is 16.4. The monoisotopic (exact) mass is 736 g/mol. The summed E-state index contributed by atoms with van der Waals surface area (Å²) >= 11 is 0. The average Bonchev–Trinajstić information content (AvgIpc) is 3.14. The lowest BCUT2D eigenvalue weighted by atomic mass is 9.91. The predicted molar refractivity (Wildman–Crippen MR) is 221 cm³/mol. The Morgan fingerprint density at radius 1 is 0.615 bits per heavy atom. The minimum Gasteiger partial charge on any atom is -0.462 e. The van der Waals surface area contributed by atoms with Gasteiger partial charge in [0.05, 0.1) is 12.5 Å². The minimum atomic E-state index is 0.0104. The molecule has 2 atom stereocenters. The first-order chi connectivity index (χ1) is 25.5. The van der Waals surface area contributed by atoms with Crippen molar-refractivity contribution in [3.8, 4) is 0 Å². The molecule has 1 aliphatic heterocycles. The molecule has 0 amide bonds. The maximum atomic E-state index is 12.7. The molecular weight excluding hydrogens is 647 g/mol. The molecule has 1 heterocycles. The topological polar surface area (TPSA) is 76.1 Å². The Kier molecular flexibility index (Phi) is 34.6. The third kappa shape index (κ3) is 29.2. The van der Waals surface area contributed by atoms with Crippen molar-refractivity contribution in [2.75, 3.05) is 26.2 Å². The van der Waals surface area contributed by atoms with Gasteiger partial charge < -0.3 is 19.5 Å². The lowest BCUT2D eigenvalue weighted by Gasteiger charge is -2.28. The van der Waals surface area contributed by atoms with Crippen LogP contribution < -0.4 is 0 Å². The molecule has 0 aromatic rings. The van der Waals surface area contributed by atoms with Gasteiger partial charge in [0, 0.05) is 13.0 Å². The number of ether oxygens (including phenoxy) is 2. The predicted octanol–water partition coefficient (Wildman–Crippen LogP) is 13.1. The fourth-order valence-electron chi connectivity index (χ4n) is 7.95. The van der Waals surface area contributed by atoms with E-state index in [9.17, 15) is 14.7 Å². The van der Waals surface area contributed by atoms with Crippen molar-refractivity contribution in [3.05, 3.63) is 0 Å². The van der Waals surface area contributed by atoms with Crippen LogP contribution in [-0.2, 0) is 19.1 Å². The summed E-state index contributed by atoms with van der Waals surface area (Å²) in [5.74, 6) is 0.124. The summed E-state index contributed by atoms with van der Waals surface area (Å²) in [5.41, 5.74) is 0. The fraction of sp³-hybridized carbons (Fsp3) is 0.957. The van der Waals surface area contributed by atoms with Crippen LogP contribution in [0.4, 0.5) is 0 Å². The van der Waals surface area contributed by atoms with Gasteiger partial charge in [0.1, 0.15) is 12.2 Å². The van der Waals surface area contributed by atoms with E-state index in [0.717, 1.165) is 103 Å². The van der Waals surface area contributed by atoms with Crippen molar-refractivity contribution in [1.82, 2.24) is 4.90 Å². The number of nitrogens with zero attached hydrogens (tertiary/aromatic N) is 1. The van der Waals surface area contributed by atoms with E-state index in [2.05, 4.69) is 25.7 Å². The van der Waals surface area contributed by atoms with Crippen LogP contribution in [0.15, 0.2) is 0 Å². The Morgan fingerprint density at radius 3 is 1.62 bits per heavy atom. The van der Waals surface area contributed by atoms with Crippen molar-refractivity contribution < 1.29 is 24.2 Å². The lowest BCUT2D eigenvalue weighted by Crippen LogP contribution is -2.31. The highest BCUT2D eigenvalue weighted by atomic mass is 16.5. The first-order valence-corrected chi connectivity index (χ1v) is 23.3. The summed E-state index contributed by atoms with van der Waals surface area (Å²) in [6, 6.07) is 0. The molecule has 1 aliphatic rings. The van der Waals surface area contributed by atoms with E-state index in [4.69, 9.17) is 9.47 Å². The minimum absolute atomic E-state index is 0.0104. The fourth-order valence-corrected chi connectivity index (χ4v) is 7.95. The number of aliphatic hydroxyl groups is 1. The van der Waals surface area contributed by atoms with Crippen LogP contribution >= 0.6 is 0 Å². The molecule has 0 aromatic heterocycles. The molecule has 0 radical (unpaired) electrons. The molecule has 0 spiro atoms. The van der Waals surface area contributed by atoms with Crippen molar-refractivity contribution in [2.24, 2.45) is 5.92 Å². The van der Waals surface area contributed by atoms with Crippen LogP contribution in [0.25, 0.3) is 0 Å². The highest BCUT2D eigenvalue weighted by Crippen LogP contribution is 2.28. The highest BCUT2D eigenvalue weighted by Gasteiger charge is 2.29. The lowest BCUT2D eigenvalue weighted by molar-refractivity contribution is -0.161. The van der Waals surface area contributed by atoms with E-state index in [1.165, 1.54) is 128 Å². The number of carbonyl (C=O) groups is 2. The number of rotatable bonds is 39. The molecule has 2 unspecified atom stereocenters. The smallest absolute Gasteiger partial charge is 0.309 e. The molecular formula is C46H89NO5. The molecule has 0 bridgehead atoms. The van der Waals surface area contributed by atoms with Gasteiger partial charge in [0.25, 0.3) is 0 Å². The normalized spacial score (nSPS) is 16.2. The Hall–Kier alpha value is -1.14. The second-order valence-electron chi connectivity index (χ2n) is 16.4. The molecule has 0 aromatic carbocycles. The van der Waals surface area contributed by atoms with Gasteiger partial charge in [0.15, 0.2) is 0 Å². The third-order valence-electron chi connectivity index (χ3n) is 11.4. The zero-order valence-corrected chi connectivity index (χ0v) is 35.1. The number of carbonyl (C=O) groups excluding carboxylic acids is 2. The molecule has 6 heteroatoms. The first-order valence-electron chi connectivity index (χ1n) is 23.3. The quantitative estimate of drug-likeness (QED) is 0.0500. The SMILES string of the molecule is CCCCCCCCCCC1CCC(CCCCN(CCO)CCCCCCCC(=O)OC(CCCCCCCC)CCCCCCCC)C(=O)O1. The largest absolute Gasteiger partial charge is 0.462 e. The summed E-state index contributed by atoms with van der Waals surface area (Å²) < 4.78 is 11.9. The van der Waals surface area contributed by atoms with E-state index in [1.54, 1.807) is 0 Å². The van der Waals surface area contributed by atoms with Gasteiger partial charge in [0.2, 0.25) is 0 Å². The van der Waals surface area contributed by atoms with Gasteiger partial charge >= 0.3 is 11.9 Å². The molecule has 1 rings (SSSR count). The van der Waals surface area contributed by atoms with Crippen LogP contribution in [0.1, 0.15) is 239 Å².